The van der Waals surface area contributed by atoms with Gasteiger partial charge in [0.05, 0.1) is 6.04 Å². The molecule has 2 fully saturated rings. The van der Waals surface area contributed by atoms with Gasteiger partial charge in [-0.25, -0.2) is 9.59 Å². The molecule has 0 spiro atoms. The van der Waals surface area contributed by atoms with Crippen molar-refractivity contribution >= 4 is 28.3 Å². The molecule has 0 saturated carbocycles. The zero-order chi connectivity index (χ0) is 15.8. The number of carbonyl (C=O) groups is 3. The van der Waals surface area contributed by atoms with Gasteiger partial charge < -0.3 is 15.4 Å². The van der Waals surface area contributed by atoms with Crippen molar-refractivity contribution in [2.45, 2.75) is 24.9 Å². The van der Waals surface area contributed by atoms with Gasteiger partial charge in [0.15, 0.2) is 6.61 Å². The van der Waals surface area contributed by atoms with E-state index in [1.807, 2.05) is 0 Å². The van der Waals surface area contributed by atoms with Crippen molar-refractivity contribution in [3.63, 3.8) is 0 Å². The van der Waals surface area contributed by atoms with Crippen LogP contribution >= 0.6 is 0 Å². The summed E-state index contributed by atoms with van der Waals surface area (Å²) in [5.74, 6) is -1.64. The van der Waals surface area contributed by atoms with E-state index in [1.165, 1.54) is 0 Å². The lowest BCUT2D eigenvalue weighted by Gasteiger charge is -2.28. The number of ether oxygens (including phenoxy) is 1. The van der Waals surface area contributed by atoms with E-state index in [2.05, 4.69) is 9.02 Å². The van der Waals surface area contributed by atoms with Crippen molar-refractivity contribution in [3.8, 4) is 0 Å². The van der Waals surface area contributed by atoms with Crippen LogP contribution in [0.1, 0.15) is 12.8 Å². The van der Waals surface area contributed by atoms with Gasteiger partial charge in [-0.2, -0.15) is 13.5 Å². The number of nitrogens with two attached hydrogens (primary N) is 1. The molecule has 0 aromatic rings. The van der Waals surface area contributed by atoms with E-state index in [-0.39, 0.29) is 19.4 Å². The van der Waals surface area contributed by atoms with Crippen molar-refractivity contribution in [1.82, 2.24) is 9.96 Å². The maximum atomic E-state index is 12.0. The van der Waals surface area contributed by atoms with Crippen LogP contribution in [0.5, 0.6) is 0 Å². The molecule has 11 nitrogen and oxygen atoms in total. The molecule has 2 heterocycles. The lowest BCUT2D eigenvalue weighted by molar-refractivity contribution is -0.152. The first-order valence-corrected chi connectivity index (χ1v) is 7.27. The largest absolute Gasteiger partial charge is 0.454 e. The molecule has 3 N–H and O–H groups in total. The van der Waals surface area contributed by atoms with E-state index >= 15 is 0 Å². The normalized spacial score (nSPS) is 25.1. The van der Waals surface area contributed by atoms with E-state index in [9.17, 15) is 22.8 Å². The van der Waals surface area contributed by atoms with E-state index < -0.39 is 47.0 Å². The zero-order valence-electron chi connectivity index (χ0n) is 10.7. The molecule has 2 saturated heterocycles. The molecule has 0 unspecified atom stereocenters. The molecule has 2 atom stereocenters. The predicted octanol–water partition coefficient (Wildman–Crippen LogP) is -1.98. The van der Waals surface area contributed by atoms with Gasteiger partial charge in [-0.15, -0.1) is 4.28 Å². The highest BCUT2D eigenvalue weighted by molar-refractivity contribution is 7.80. The van der Waals surface area contributed by atoms with E-state index in [4.69, 9.17) is 10.3 Å². The molecule has 12 heteroatoms. The summed E-state index contributed by atoms with van der Waals surface area (Å²) in [6.45, 7) is -0.559. The van der Waals surface area contributed by atoms with Gasteiger partial charge in [0.25, 0.3) is 5.91 Å². The number of esters is 1. The summed E-state index contributed by atoms with van der Waals surface area (Å²) in [4.78, 5) is 35.4. The minimum atomic E-state index is -4.84. The molecule has 2 rings (SSSR count). The molecular formula is C9H13N3O8S. The van der Waals surface area contributed by atoms with Crippen LogP contribution in [0.25, 0.3) is 0 Å². The Kier molecular flexibility index (Phi) is 4.02. The van der Waals surface area contributed by atoms with Crippen molar-refractivity contribution in [2.24, 2.45) is 5.73 Å². The number of nitrogens with zero attached hydrogens (tertiary/aromatic N) is 2. The van der Waals surface area contributed by atoms with Crippen LogP contribution in [0.4, 0.5) is 4.79 Å². The molecule has 0 radical (unpaired) electrons. The van der Waals surface area contributed by atoms with Crippen LogP contribution in [0.15, 0.2) is 0 Å². The summed E-state index contributed by atoms with van der Waals surface area (Å²) in [5, 5.41) is 0.511. The number of hydrogen-bond donors (Lipinski definition) is 2. The Balaban J connectivity index is 2.06. The summed E-state index contributed by atoms with van der Waals surface area (Å²) in [7, 11) is -4.84. The van der Waals surface area contributed by atoms with Gasteiger partial charge >= 0.3 is 22.4 Å². The fraction of sp³-hybridized carbons (Fsp3) is 0.667. The van der Waals surface area contributed by atoms with Gasteiger partial charge in [0.1, 0.15) is 6.04 Å². The second-order valence-electron chi connectivity index (χ2n) is 4.58. The monoisotopic (exact) mass is 323 g/mol. The molecular weight excluding hydrogens is 310 g/mol. The third kappa shape index (κ3) is 3.40. The van der Waals surface area contributed by atoms with Gasteiger partial charge in [-0.05, 0) is 12.8 Å². The number of rotatable bonds is 5. The maximum absolute atomic E-state index is 12.0. The quantitative estimate of drug-likeness (QED) is 0.435. The molecule has 0 aromatic heterocycles. The highest BCUT2D eigenvalue weighted by Gasteiger charge is 2.49. The third-order valence-electron chi connectivity index (χ3n) is 3.13. The van der Waals surface area contributed by atoms with Crippen LogP contribution in [0.2, 0.25) is 0 Å². The summed E-state index contributed by atoms with van der Waals surface area (Å²) < 4.78 is 38.9. The van der Waals surface area contributed by atoms with Crippen LogP contribution in [-0.2, 0) is 29.0 Å². The Morgan fingerprint density at radius 2 is 2.05 bits per heavy atom. The van der Waals surface area contributed by atoms with E-state index in [1.54, 1.807) is 0 Å². The van der Waals surface area contributed by atoms with Crippen LogP contribution in [-0.4, -0.2) is 66.1 Å². The van der Waals surface area contributed by atoms with Gasteiger partial charge in [0.2, 0.25) is 0 Å². The van der Waals surface area contributed by atoms with Crippen molar-refractivity contribution in [2.75, 3.05) is 13.2 Å². The molecule has 0 aliphatic carbocycles. The summed E-state index contributed by atoms with van der Waals surface area (Å²) in [6.07, 6.45) is 0.480. The van der Waals surface area contributed by atoms with E-state index in [0.717, 1.165) is 4.90 Å². The molecule has 2 bridgehead atoms. The van der Waals surface area contributed by atoms with Crippen LogP contribution < -0.4 is 5.73 Å². The smallest absolute Gasteiger partial charge is 0.418 e. The maximum Gasteiger partial charge on any atom is 0.418 e. The number of hydroxylamine groups is 2. The fourth-order valence-electron chi connectivity index (χ4n) is 2.32. The van der Waals surface area contributed by atoms with Gasteiger partial charge in [0, 0.05) is 6.54 Å². The second-order valence-corrected chi connectivity index (χ2v) is 5.59. The Labute approximate surface area is 119 Å². The number of carbonyl (C=O) groups excluding carboxylic acids is 3. The summed E-state index contributed by atoms with van der Waals surface area (Å²) in [6, 6.07) is -2.43. The first-order chi connectivity index (χ1) is 9.69. The molecule has 118 valence electrons. The number of amides is 3. The second kappa shape index (κ2) is 5.46. The van der Waals surface area contributed by atoms with Crippen LogP contribution in [0, 0.1) is 0 Å². The Bertz CT molecular complexity index is 576. The number of primary amides is 1. The Morgan fingerprint density at radius 1 is 1.38 bits per heavy atom. The van der Waals surface area contributed by atoms with Crippen molar-refractivity contribution in [1.29, 1.82) is 0 Å². The number of hydrogen-bond acceptors (Lipinski definition) is 7. The van der Waals surface area contributed by atoms with Crippen molar-refractivity contribution in [3.05, 3.63) is 0 Å². The van der Waals surface area contributed by atoms with Gasteiger partial charge in [-0.3, -0.25) is 9.35 Å². The number of urea groups is 1. The standard InChI is InChI=1S/C9H13N3O8S/c10-7(13)4-19-8(14)6-2-1-5-3-11(6)9(15)12(5)20-21(16,17)18/h5-6H,1-4H2,(H2,10,13)(H,16,17,18)/t5-,6+/m1/s1. The molecule has 2 aliphatic heterocycles. The molecule has 0 aromatic carbocycles. The Hall–Kier alpha value is -1.92. The zero-order valence-corrected chi connectivity index (χ0v) is 11.5. The Morgan fingerprint density at radius 3 is 2.62 bits per heavy atom. The minimum Gasteiger partial charge on any atom is -0.454 e. The predicted molar refractivity (Wildman–Crippen MR) is 63.5 cm³/mol. The van der Waals surface area contributed by atoms with Crippen molar-refractivity contribution < 1.29 is 36.4 Å². The van der Waals surface area contributed by atoms with Gasteiger partial charge in [-0.1, -0.05) is 0 Å². The van der Waals surface area contributed by atoms with Crippen LogP contribution in [0.3, 0.4) is 0 Å². The first kappa shape index (κ1) is 15.5. The lowest BCUT2D eigenvalue weighted by atomic mass is 10.0. The molecule has 2 aliphatic rings. The number of fused-ring (bicyclic) bond motifs is 2. The van der Waals surface area contributed by atoms with E-state index in [0.29, 0.717) is 5.06 Å². The average molecular weight is 323 g/mol. The lowest BCUT2D eigenvalue weighted by Crippen LogP contribution is -2.46. The summed E-state index contributed by atoms with van der Waals surface area (Å²) >= 11 is 0. The average Bonchev–Trinajstić information content (AvgIpc) is 2.60. The first-order valence-electron chi connectivity index (χ1n) is 5.91. The topological polar surface area (TPSA) is 157 Å². The highest BCUT2D eigenvalue weighted by Crippen LogP contribution is 2.31. The number of piperidine rings is 1. The SMILES string of the molecule is NC(=O)COC(=O)[C@@H]1CC[C@@H]2CN1C(=O)N2OS(=O)(=O)O. The molecule has 21 heavy (non-hydrogen) atoms. The molecule has 3 amide bonds. The highest BCUT2D eigenvalue weighted by atomic mass is 32.3. The fourth-order valence-corrected chi connectivity index (χ4v) is 2.70. The minimum absolute atomic E-state index is 0.0463. The third-order valence-corrected chi connectivity index (χ3v) is 3.48. The summed E-state index contributed by atoms with van der Waals surface area (Å²) in [5.41, 5.74) is 4.85.